The molecular formula is C10H8BrClN2S. The van der Waals surface area contributed by atoms with Gasteiger partial charge in [-0.05, 0) is 30.7 Å². The first kappa shape index (κ1) is 10.9. The number of aryl methyl sites for hydroxylation is 1. The van der Waals surface area contributed by atoms with E-state index in [1.807, 2.05) is 19.1 Å². The van der Waals surface area contributed by atoms with Crippen molar-refractivity contribution in [3.63, 3.8) is 0 Å². The molecule has 0 amide bonds. The number of nitrogens with one attached hydrogen (secondary N) is 1. The van der Waals surface area contributed by atoms with E-state index in [0.29, 0.717) is 5.15 Å². The molecule has 15 heavy (non-hydrogen) atoms. The normalized spacial score (nSPS) is 10.3. The van der Waals surface area contributed by atoms with Gasteiger partial charge in [-0.1, -0.05) is 27.5 Å². The molecule has 2 nitrogen and oxygen atoms in total. The van der Waals surface area contributed by atoms with Crippen molar-refractivity contribution in [1.29, 1.82) is 0 Å². The fourth-order valence-electron chi connectivity index (χ4n) is 1.16. The van der Waals surface area contributed by atoms with Crippen molar-refractivity contribution in [2.75, 3.05) is 5.32 Å². The molecule has 1 N–H and O–H groups in total. The summed E-state index contributed by atoms with van der Waals surface area (Å²) in [5.41, 5.74) is 2.20. The molecule has 5 heteroatoms. The summed E-state index contributed by atoms with van der Waals surface area (Å²) < 4.78 is 1.10. The van der Waals surface area contributed by atoms with E-state index in [0.717, 1.165) is 15.3 Å². The highest BCUT2D eigenvalue weighted by Gasteiger charge is 2.01. The zero-order valence-corrected chi connectivity index (χ0v) is 11.1. The number of rotatable bonds is 2. The smallest absolute Gasteiger partial charge is 0.188 e. The molecule has 0 fully saturated rings. The Kier molecular flexibility index (Phi) is 3.29. The maximum Gasteiger partial charge on any atom is 0.188 e. The van der Waals surface area contributed by atoms with Crippen LogP contribution in [0.4, 0.5) is 10.8 Å². The minimum atomic E-state index is 0.524. The molecule has 0 atom stereocenters. The average Bonchev–Trinajstić information content (AvgIpc) is 2.58. The fraction of sp³-hybridized carbons (Fsp3) is 0.100. The number of anilines is 2. The molecule has 0 radical (unpaired) electrons. The van der Waals surface area contributed by atoms with Gasteiger partial charge in [0.25, 0.3) is 0 Å². The van der Waals surface area contributed by atoms with Gasteiger partial charge in [-0.15, -0.1) is 11.3 Å². The third-order valence-electron chi connectivity index (χ3n) is 1.89. The molecule has 0 saturated heterocycles. The predicted molar refractivity (Wildman–Crippen MR) is 69.3 cm³/mol. The minimum absolute atomic E-state index is 0.524. The van der Waals surface area contributed by atoms with Gasteiger partial charge in [-0.25, -0.2) is 4.98 Å². The van der Waals surface area contributed by atoms with Crippen molar-refractivity contribution in [3.05, 3.63) is 38.8 Å². The second kappa shape index (κ2) is 4.51. The molecule has 78 valence electrons. The first-order chi connectivity index (χ1) is 7.15. The zero-order valence-electron chi connectivity index (χ0n) is 7.92. The van der Waals surface area contributed by atoms with Gasteiger partial charge in [-0.3, -0.25) is 0 Å². The van der Waals surface area contributed by atoms with Gasteiger partial charge in [0.1, 0.15) is 5.15 Å². The summed E-state index contributed by atoms with van der Waals surface area (Å²) >= 11 is 10.7. The Balaban J connectivity index is 2.21. The number of hydrogen-bond donors (Lipinski definition) is 1. The Morgan fingerprint density at radius 2 is 2.27 bits per heavy atom. The van der Waals surface area contributed by atoms with Crippen molar-refractivity contribution in [2.45, 2.75) is 6.92 Å². The number of benzene rings is 1. The van der Waals surface area contributed by atoms with E-state index in [4.69, 9.17) is 11.6 Å². The first-order valence-corrected chi connectivity index (χ1v) is 6.34. The first-order valence-electron chi connectivity index (χ1n) is 4.29. The Bertz CT molecular complexity index is 484. The SMILES string of the molecule is Cc1cc(Nc2nc(Cl)cs2)ccc1Br. The van der Waals surface area contributed by atoms with E-state index in [2.05, 4.69) is 32.3 Å². The van der Waals surface area contributed by atoms with Crippen LogP contribution in [0, 0.1) is 6.92 Å². The zero-order chi connectivity index (χ0) is 10.8. The van der Waals surface area contributed by atoms with Crippen LogP contribution in [0.3, 0.4) is 0 Å². The van der Waals surface area contributed by atoms with Gasteiger partial charge in [0, 0.05) is 15.5 Å². The van der Waals surface area contributed by atoms with Gasteiger partial charge >= 0.3 is 0 Å². The minimum Gasteiger partial charge on any atom is -0.332 e. The van der Waals surface area contributed by atoms with Crippen LogP contribution in [0.5, 0.6) is 0 Å². The number of aromatic nitrogens is 1. The van der Waals surface area contributed by atoms with Crippen LogP contribution in [-0.4, -0.2) is 4.98 Å². The lowest BCUT2D eigenvalue weighted by molar-refractivity contribution is 1.37. The van der Waals surface area contributed by atoms with Crippen LogP contribution < -0.4 is 5.32 Å². The summed E-state index contributed by atoms with van der Waals surface area (Å²) in [6.45, 7) is 2.05. The van der Waals surface area contributed by atoms with Crippen LogP contribution in [0.15, 0.2) is 28.1 Å². The summed E-state index contributed by atoms with van der Waals surface area (Å²) in [4.78, 5) is 4.12. The predicted octanol–water partition coefficient (Wildman–Crippen LogP) is 4.61. The van der Waals surface area contributed by atoms with Crippen LogP contribution in [0.2, 0.25) is 5.15 Å². The van der Waals surface area contributed by atoms with Crippen molar-refractivity contribution in [2.24, 2.45) is 0 Å². The lowest BCUT2D eigenvalue weighted by Crippen LogP contribution is -1.89. The molecule has 1 aromatic heterocycles. The summed E-state index contributed by atoms with van der Waals surface area (Å²) in [5.74, 6) is 0. The Labute approximate surface area is 105 Å². The number of halogens is 2. The quantitative estimate of drug-likeness (QED) is 0.876. The second-order valence-corrected chi connectivity index (χ2v) is 5.16. The molecule has 2 aromatic rings. The van der Waals surface area contributed by atoms with E-state index in [9.17, 15) is 0 Å². The molecule has 1 heterocycles. The Hall–Kier alpha value is -0.580. The highest BCUT2D eigenvalue weighted by atomic mass is 79.9. The third kappa shape index (κ3) is 2.71. The molecule has 0 aliphatic heterocycles. The number of thiazole rings is 1. The van der Waals surface area contributed by atoms with Crippen molar-refractivity contribution >= 4 is 49.7 Å². The molecule has 0 saturated carbocycles. The third-order valence-corrected chi connectivity index (χ3v) is 3.86. The van der Waals surface area contributed by atoms with E-state index in [1.54, 1.807) is 5.38 Å². The average molecular weight is 304 g/mol. The number of hydrogen-bond acceptors (Lipinski definition) is 3. The number of nitrogens with zero attached hydrogens (tertiary/aromatic N) is 1. The maximum atomic E-state index is 5.73. The summed E-state index contributed by atoms with van der Waals surface area (Å²) in [5, 5.41) is 6.33. The van der Waals surface area contributed by atoms with Crippen LogP contribution in [-0.2, 0) is 0 Å². The van der Waals surface area contributed by atoms with Crippen molar-refractivity contribution < 1.29 is 0 Å². The van der Waals surface area contributed by atoms with Gasteiger partial charge in [0.15, 0.2) is 5.13 Å². The molecular weight excluding hydrogens is 296 g/mol. The summed E-state index contributed by atoms with van der Waals surface area (Å²) in [6.07, 6.45) is 0. The van der Waals surface area contributed by atoms with Gasteiger partial charge in [0.2, 0.25) is 0 Å². The molecule has 0 bridgehead atoms. The Morgan fingerprint density at radius 3 is 2.87 bits per heavy atom. The molecule has 0 aliphatic rings. The summed E-state index contributed by atoms with van der Waals surface area (Å²) in [6, 6.07) is 6.05. The van der Waals surface area contributed by atoms with Crippen LogP contribution >= 0.6 is 38.9 Å². The molecule has 0 spiro atoms. The second-order valence-electron chi connectivity index (χ2n) is 3.06. The molecule has 0 unspecified atom stereocenters. The lowest BCUT2D eigenvalue weighted by atomic mass is 10.2. The highest BCUT2D eigenvalue weighted by Crippen LogP contribution is 2.25. The van der Waals surface area contributed by atoms with Crippen LogP contribution in [0.1, 0.15) is 5.56 Å². The topological polar surface area (TPSA) is 24.9 Å². The maximum absolute atomic E-state index is 5.73. The molecule has 1 aromatic carbocycles. The van der Waals surface area contributed by atoms with Crippen molar-refractivity contribution in [3.8, 4) is 0 Å². The van der Waals surface area contributed by atoms with E-state index < -0.39 is 0 Å². The monoisotopic (exact) mass is 302 g/mol. The fourth-order valence-corrected chi connectivity index (χ4v) is 2.26. The largest absolute Gasteiger partial charge is 0.332 e. The Morgan fingerprint density at radius 1 is 1.47 bits per heavy atom. The standard InChI is InChI=1S/C10H8BrClN2S/c1-6-4-7(2-3-8(6)11)13-10-14-9(12)5-15-10/h2-5H,1H3,(H,13,14). The van der Waals surface area contributed by atoms with Gasteiger partial charge < -0.3 is 5.32 Å². The van der Waals surface area contributed by atoms with E-state index >= 15 is 0 Å². The lowest BCUT2D eigenvalue weighted by Gasteiger charge is -2.04. The molecule has 2 rings (SSSR count). The van der Waals surface area contributed by atoms with Gasteiger partial charge in [-0.2, -0.15) is 0 Å². The van der Waals surface area contributed by atoms with Crippen molar-refractivity contribution in [1.82, 2.24) is 4.98 Å². The van der Waals surface area contributed by atoms with E-state index in [1.165, 1.54) is 16.9 Å². The molecule has 0 aliphatic carbocycles. The summed E-state index contributed by atoms with van der Waals surface area (Å²) in [7, 11) is 0. The van der Waals surface area contributed by atoms with Crippen LogP contribution in [0.25, 0.3) is 0 Å². The van der Waals surface area contributed by atoms with E-state index in [-0.39, 0.29) is 0 Å². The van der Waals surface area contributed by atoms with Gasteiger partial charge in [0.05, 0.1) is 0 Å². The highest BCUT2D eigenvalue weighted by molar-refractivity contribution is 9.10.